The normalized spacial score (nSPS) is 10.6. The van der Waals surface area contributed by atoms with Crippen LogP contribution < -0.4 is 31.4 Å². The van der Waals surface area contributed by atoms with Gasteiger partial charge in [-0.25, -0.2) is 0 Å². The number of carbonyl (C=O) groups excluding carboxylic acids is 3. The van der Waals surface area contributed by atoms with E-state index >= 15 is 0 Å². The Hall–Kier alpha value is -2.70. The molecule has 12 nitrogen and oxygen atoms in total. The SMILES string of the molecule is NCCCCCC(=O)Oc1nc(OC(=O)CCCCCN)nc(OC(=O)CCCCCN)n1. The van der Waals surface area contributed by atoms with E-state index in [1.54, 1.807) is 0 Å². The van der Waals surface area contributed by atoms with Gasteiger partial charge in [-0.1, -0.05) is 19.3 Å². The smallest absolute Gasteiger partial charge is 0.333 e. The molecule has 0 amide bonds. The average molecular weight is 469 g/mol. The van der Waals surface area contributed by atoms with Crippen molar-refractivity contribution in [3.05, 3.63) is 0 Å². The third kappa shape index (κ3) is 14.1. The molecule has 0 bridgehead atoms. The molecule has 0 aromatic carbocycles. The van der Waals surface area contributed by atoms with Gasteiger partial charge in [0, 0.05) is 19.3 Å². The number of aromatic nitrogens is 3. The van der Waals surface area contributed by atoms with Gasteiger partial charge in [0.15, 0.2) is 0 Å². The minimum atomic E-state index is -0.573. The second-order valence-electron chi connectivity index (χ2n) is 7.40. The standard InChI is InChI=1S/C21H36N6O6/c22-13-7-1-4-10-16(28)31-19-25-20(32-17(29)11-5-2-8-14-23)27-21(26-19)33-18(30)12-6-3-9-15-24/h1-15,22-24H2. The molecule has 6 N–H and O–H groups in total. The van der Waals surface area contributed by atoms with E-state index < -0.39 is 35.9 Å². The lowest BCUT2D eigenvalue weighted by atomic mass is 10.2. The summed E-state index contributed by atoms with van der Waals surface area (Å²) >= 11 is 0. The zero-order valence-corrected chi connectivity index (χ0v) is 19.1. The molecule has 1 heterocycles. The number of nitrogens with zero attached hydrogens (tertiary/aromatic N) is 3. The second kappa shape index (κ2) is 17.8. The highest BCUT2D eigenvalue weighted by atomic mass is 16.6. The van der Waals surface area contributed by atoms with Crippen molar-refractivity contribution in [2.75, 3.05) is 19.6 Å². The number of unbranched alkanes of at least 4 members (excludes halogenated alkanes) is 6. The molecule has 1 aromatic heterocycles. The maximum Gasteiger partial charge on any atom is 0.333 e. The lowest BCUT2D eigenvalue weighted by Gasteiger charge is -2.08. The van der Waals surface area contributed by atoms with Crippen molar-refractivity contribution < 1.29 is 28.6 Å². The van der Waals surface area contributed by atoms with Crippen LogP contribution in [0.3, 0.4) is 0 Å². The molecule has 0 aliphatic heterocycles. The molecule has 1 aromatic rings. The molecule has 33 heavy (non-hydrogen) atoms. The van der Waals surface area contributed by atoms with Crippen LogP contribution in [0.25, 0.3) is 0 Å². The molecule has 0 aliphatic carbocycles. The summed E-state index contributed by atoms with van der Waals surface area (Å²) in [5, 5.41) is 0. The molecule has 0 unspecified atom stereocenters. The van der Waals surface area contributed by atoms with Gasteiger partial charge >= 0.3 is 35.9 Å². The van der Waals surface area contributed by atoms with Crippen LogP contribution in [0.2, 0.25) is 0 Å². The Morgan fingerprint density at radius 3 is 1.00 bits per heavy atom. The number of hydrogen-bond acceptors (Lipinski definition) is 12. The third-order valence-electron chi connectivity index (χ3n) is 4.44. The summed E-state index contributed by atoms with van der Waals surface area (Å²) in [4.78, 5) is 47.7. The minimum absolute atomic E-state index is 0.137. The molecule has 0 saturated carbocycles. The van der Waals surface area contributed by atoms with Gasteiger partial charge in [0.05, 0.1) is 0 Å². The Kier molecular flexibility index (Phi) is 15.3. The average Bonchev–Trinajstić information content (AvgIpc) is 2.77. The summed E-state index contributed by atoms with van der Waals surface area (Å²) in [6.45, 7) is 1.64. The zero-order valence-electron chi connectivity index (χ0n) is 19.1. The number of rotatable bonds is 18. The number of hydrogen-bond donors (Lipinski definition) is 3. The summed E-state index contributed by atoms with van der Waals surface area (Å²) in [5.41, 5.74) is 16.3. The highest BCUT2D eigenvalue weighted by molar-refractivity contribution is 5.73. The van der Waals surface area contributed by atoms with Crippen LogP contribution in [0.4, 0.5) is 0 Å². The van der Waals surface area contributed by atoms with E-state index in [-0.39, 0.29) is 19.3 Å². The largest absolute Gasteiger partial charge is 0.391 e. The summed E-state index contributed by atoms with van der Waals surface area (Å²) in [5.74, 6) is -1.72. The molecule has 0 aliphatic rings. The van der Waals surface area contributed by atoms with Gasteiger partial charge < -0.3 is 31.4 Å². The van der Waals surface area contributed by atoms with Crippen LogP contribution in [-0.4, -0.2) is 52.5 Å². The van der Waals surface area contributed by atoms with Crippen LogP contribution in [0.1, 0.15) is 77.0 Å². The van der Waals surface area contributed by atoms with E-state index in [2.05, 4.69) is 15.0 Å². The number of ether oxygens (including phenoxy) is 3. The zero-order chi connectivity index (χ0) is 24.3. The first kappa shape index (κ1) is 28.3. The second-order valence-corrected chi connectivity index (χ2v) is 7.40. The molecule has 186 valence electrons. The van der Waals surface area contributed by atoms with Gasteiger partial charge in [-0.2, -0.15) is 0 Å². The quantitative estimate of drug-likeness (QED) is 0.205. The molecule has 0 radical (unpaired) electrons. The minimum Gasteiger partial charge on any atom is -0.391 e. The van der Waals surface area contributed by atoms with Crippen molar-refractivity contribution >= 4 is 17.9 Å². The monoisotopic (exact) mass is 468 g/mol. The van der Waals surface area contributed by atoms with Crippen LogP contribution in [0.5, 0.6) is 18.0 Å². The predicted octanol–water partition coefficient (Wildman–Crippen LogP) is 1.15. The number of esters is 3. The van der Waals surface area contributed by atoms with E-state index in [1.807, 2.05) is 0 Å². The first-order valence-corrected chi connectivity index (χ1v) is 11.5. The van der Waals surface area contributed by atoms with Gasteiger partial charge in [-0.05, 0) is 58.2 Å². The maximum absolute atomic E-state index is 12.1. The maximum atomic E-state index is 12.1. The Labute approximate surface area is 194 Å². The fraction of sp³-hybridized carbons (Fsp3) is 0.714. The van der Waals surface area contributed by atoms with Gasteiger partial charge in [-0.15, -0.1) is 15.0 Å². The van der Waals surface area contributed by atoms with Crippen LogP contribution in [0.15, 0.2) is 0 Å². The Bertz CT molecular complexity index is 626. The Morgan fingerprint density at radius 1 is 0.485 bits per heavy atom. The third-order valence-corrected chi connectivity index (χ3v) is 4.44. The summed E-state index contributed by atoms with van der Waals surface area (Å²) in [6, 6.07) is -1.23. The van der Waals surface area contributed by atoms with Gasteiger partial charge in [0.25, 0.3) is 0 Å². The van der Waals surface area contributed by atoms with Crippen LogP contribution >= 0.6 is 0 Å². The Balaban J connectivity index is 2.78. The van der Waals surface area contributed by atoms with Crippen molar-refractivity contribution in [1.29, 1.82) is 0 Å². The fourth-order valence-electron chi connectivity index (χ4n) is 2.69. The molecule has 12 heteroatoms. The lowest BCUT2D eigenvalue weighted by Crippen LogP contribution is -2.16. The fourth-order valence-corrected chi connectivity index (χ4v) is 2.69. The first-order chi connectivity index (χ1) is 16.0. The molecule has 0 fully saturated rings. The molecular formula is C21H36N6O6. The van der Waals surface area contributed by atoms with Crippen LogP contribution in [0, 0.1) is 0 Å². The molecule has 0 spiro atoms. The van der Waals surface area contributed by atoms with E-state index in [9.17, 15) is 14.4 Å². The van der Waals surface area contributed by atoms with E-state index in [4.69, 9.17) is 31.4 Å². The summed E-state index contributed by atoms with van der Waals surface area (Å²) < 4.78 is 15.4. The van der Waals surface area contributed by atoms with Crippen molar-refractivity contribution in [2.45, 2.75) is 77.0 Å². The predicted molar refractivity (Wildman–Crippen MR) is 119 cm³/mol. The van der Waals surface area contributed by atoms with Crippen molar-refractivity contribution in [2.24, 2.45) is 17.2 Å². The van der Waals surface area contributed by atoms with Gasteiger partial charge in [-0.3, -0.25) is 14.4 Å². The highest BCUT2D eigenvalue weighted by Gasteiger charge is 2.18. The van der Waals surface area contributed by atoms with E-state index in [1.165, 1.54) is 0 Å². The van der Waals surface area contributed by atoms with Gasteiger partial charge in [0.2, 0.25) is 0 Å². The van der Waals surface area contributed by atoms with E-state index in [0.717, 1.165) is 38.5 Å². The summed E-state index contributed by atoms with van der Waals surface area (Å²) in [7, 11) is 0. The first-order valence-electron chi connectivity index (χ1n) is 11.5. The highest BCUT2D eigenvalue weighted by Crippen LogP contribution is 2.17. The van der Waals surface area contributed by atoms with Crippen molar-refractivity contribution in [3.8, 4) is 18.0 Å². The van der Waals surface area contributed by atoms with Crippen LogP contribution in [-0.2, 0) is 14.4 Å². The van der Waals surface area contributed by atoms with Gasteiger partial charge in [0.1, 0.15) is 0 Å². The number of nitrogens with two attached hydrogens (primary N) is 3. The van der Waals surface area contributed by atoms with Crippen molar-refractivity contribution in [1.82, 2.24) is 15.0 Å². The number of carbonyl (C=O) groups is 3. The molecular weight excluding hydrogens is 432 g/mol. The molecule has 0 atom stereocenters. The Morgan fingerprint density at radius 2 is 0.758 bits per heavy atom. The van der Waals surface area contributed by atoms with Crippen molar-refractivity contribution in [3.63, 3.8) is 0 Å². The molecule has 1 rings (SSSR count). The van der Waals surface area contributed by atoms with E-state index in [0.29, 0.717) is 38.9 Å². The topological polar surface area (TPSA) is 196 Å². The lowest BCUT2D eigenvalue weighted by molar-refractivity contribution is -0.135. The summed E-state index contributed by atoms with van der Waals surface area (Å²) in [6.07, 6.45) is 6.94. The molecule has 0 saturated heterocycles.